The van der Waals surface area contributed by atoms with Crippen LogP contribution in [0.5, 0.6) is 0 Å². The molecular weight excluding hydrogens is 434 g/mol. The van der Waals surface area contributed by atoms with Gasteiger partial charge < -0.3 is 31.3 Å². The first kappa shape index (κ1) is 26.5. The van der Waals surface area contributed by atoms with E-state index in [0.717, 1.165) is 29.5 Å². The third-order valence-electron chi connectivity index (χ3n) is 4.93. The third-order valence-corrected chi connectivity index (χ3v) is 4.93. The van der Waals surface area contributed by atoms with Gasteiger partial charge in [-0.15, -0.1) is 0 Å². The minimum absolute atomic E-state index is 0.174. The van der Waals surface area contributed by atoms with Crippen LogP contribution in [-0.4, -0.2) is 49.5 Å². The lowest BCUT2D eigenvalue weighted by Crippen LogP contribution is -2.15. The number of rotatable bonds is 10. The van der Waals surface area contributed by atoms with Crippen LogP contribution in [0.4, 0.5) is 11.4 Å². The Balaban J connectivity index is 0.00000199. The van der Waals surface area contributed by atoms with E-state index in [9.17, 15) is 9.59 Å². The Morgan fingerprint density at radius 1 is 0.971 bits per heavy atom. The van der Waals surface area contributed by atoms with E-state index in [2.05, 4.69) is 10.6 Å². The van der Waals surface area contributed by atoms with Gasteiger partial charge in [0.15, 0.2) is 0 Å². The molecule has 0 fully saturated rings. The molecule has 0 atom stereocenters. The number of nitrogens with one attached hydrogen (secondary N) is 2. The number of carbonyl (C=O) groups is 2. The van der Waals surface area contributed by atoms with E-state index in [-0.39, 0.29) is 12.3 Å². The average molecular weight is 466 g/mol. The lowest BCUT2D eigenvalue weighted by Gasteiger charge is -2.14. The molecule has 6 N–H and O–H groups in total. The number of aliphatic hydroxyl groups is 1. The van der Waals surface area contributed by atoms with Crippen molar-refractivity contribution in [3.8, 4) is 11.1 Å². The van der Waals surface area contributed by atoms with Crippen molar-refractivity contribution >= 4 is 23.3 Å². The predicted octanol–water partition coefficient (Wildman–Crippen LogP) is 3.36. The van der Waals surface area contributed by atoms with Gasteiger partial charge in [0, 0.05) is 44.2 Å². The minimum Gasteiger partial charge on any atom is -0.481 e. The van der Waals surface area contributed by atoms with Crippen molar-refractivity contribution in [2.45, 2.75) is 13.0 Å². The quantitative estimate of drug-likeness (QED) is 0.290. The monoisotopic (exact) mass is 465 g/mol. The molecule has 0 bridgehead atoms. The summed E-state index contributed by atoms with van der Waals surface area (Å²) in [4.78, 5) is 24.3. The summed E-state index contributed by atoms with van der Waals surface area (Å²) in [7, 11) is 2.63. The summed E-state index contributed by atoms with van der Waals surface area (Å²) in [6, 6.07) is 20.3. The maximum Gasteiger partial charge on any atom is 0.307 e. The zero-order chi connectivity index (χ0) is 24.9. The van der Waals surface area contributed by atoms with Gasteiger partial charge in [-0.3, -0.25) is 9.59 Å². The molecule has 0 aromatic heterocycles. The number of hydrogen-bond donors (Lipinski definition) is 5. The fourth-order valence-corrected chi connectivity index (χ4v) is 3.36. The number of ether oxygens (including phenoxy) is 1. The normalized spacial score (nSPS) is 10.1. The van der Waals surface area contributed by atoms with Crippen molar-refractivity contribution in [1.29, 1.82) is 0 Å². The maximum atomic E-state index is 13.1. The zero-order valence-electron chi connectivity index (χ0n) is 19.4. The van der Waals surface area contributed by atoms with Gasteiger partial charge in [-0.1, -0.05) is 36.4 Å². The summed E-state index contributed by atoms with van der Waals surface area (Å²) in [6.45, 7) is 1.54. The number of nitrogens with two attached hydrogens (primary N) is 1. The highest BCUT2D eigenvalue weighted by Gasteiger charge is 2.14. The molecule has 34 heavy (non-hydrogen) atoms. The van der Waals surface area contributed by atoms with Gasteiger partial charge in [0.25, 0.3) is 5.91 Å². The second-order valence-corrected chi connectivity index (χ2v) is 7.30. The van der Waals surface area contributed by atoms with E-state index in [1.165, 1.54) is 0 Å². The molecule has 0 unspecified atom stereocenters. The molecule has 1 amide bonds. The van der Waals surface area contributed by atoms with Crippen LogP contribution in [0.1, 0.15) is 21.5 Å². The number of anilines is 2. The van der Waals surface area contributed by atoms with E-state index in [0.29, 0.717) is 36.5 Å². The lowest BCUT2D eigenvalue weighted by molar-refractivity contribution is -0.136. The zero-order valence-corrected chi connectivity index (χ0v) is 19.4. The van der Waals surface area contributed by atoms with Gasteiger partial charge >= 0.3 is 5.97 Å². The first-order valence-corrected chi connectivity index (χ1v) is 10.7. The van der Waals surface area contributed by atoms with E-state index in [1.807, 2.05) is 36.4 Å². The molecule has 0 aliphatic carbocycles. The average Bonchev–Trinajstić information content (AvgIpc) is 2.86. The van der Waals surface area contributed by atoms with Gasteiger partial charge in [0.05, 0.1) is 13.0 Å². The number of aliphatic carboxylic acids is 1. The van der Waals surface area contributed by atoms with Crippen LogP contribution in [0.25, 0.3) is 11.1 Å². The molecule has 0 heterocycles. The largest absolute Gasteiger partial charge is 0.481 e. The number of para-hydroxylation sites is 1. The third kappa shape index (κ3) is 7.70. The Kier molecular flexibility index (Phi) is 10.7. The first-order chi connectivity index (χ1) is 16.5. The summed E-state index contributed by atoms with van der Waals surface area (Å²) >= 11 is 0. The molecule has 8 nitrogen and oxygen atoms in total. The molecule has 0 saturated carbocycles. The Bertz CT molecular complexity index is 1100. The number of carboxylic acid groups (broad SMARTS) is 1. The van der Waals surface area contributed by atoms with Crippen molar-refractivity contribution in [1.82, 2.24) is 0 Å². The van der Waals surface area contributed by atoms with Gasteiger partial charge in [-0.25, -0.2) is 0 Å². The van der Waals surface area contributed by atoms with Crippen molar-refractivity contribution < 1.29 is 24.5 Å². The number of hydrogen-bond acceptors (Lipinski definition) is 6. The Morgan fingerprint density at radius 2 is 1.74 bits per heavy atom. The second kappa shape index (κ2) is 13.7. The number of carbonyl (C=O) groups excluding carboxylic acids is 1. The molecule has 0 saturated heterocycles. The second-order valence-electron chi connectivity index (χ2n) is 7.30. The number of carboxylic acids is 1. The summed E-state index contributed by atoms with van der Waals surface area (Å²) in [5.74, 6) is -1.28. The molecule has 0 aliphatic heterocycles. The molecule has 180 valence electrons. The van der Waals surface area contributed by atoms with Gasteiger partial charge in [0.2, 0.25) is 0 Å². The van der Waals surface area contributed by atoms with E-state index in [1.54, 1.807) is 37.4 Å². The first-order valence-electron chi connectivity index (χ1n) is 10.7. The van der Waals surface area contributed by atoms with E-state index >= 15 is 0 Å². The summed E-state index contributed by atoms with van der Waals surface area (Å²) in [5, 5.41) is 22.3. The molecule has 0 radical (unpaired) electrons. The topological polar surface area (TPSA) is 134 Å². The maximum absolute atomic E-state index is 13.1. The SMILES string of the molecule is CO.COCCNc1cc(C(=O)Nc2ccccc2CC(=O)O)cc(-c2cccc(CN)c2)c1. The summed E-state index contributed by atoms with van der Waals surface area (Å²) in [5.41, 5.74) is 10.8. The molecule has 3 rings (SSSR count). The standard InChI is InChI=1S/C25H27N3O4.CH4O/c1-32-10-9-27-22-13-20(18-7-4-5-17(11-18)16-26)12-21(14-22)25(31)28-23-8-3-2-6-19(23)15-24(29)30;1-2/h2-8,11-14,27H,9-10,15-16,26H2,1H3,(H,28,31)(H,29,30);2H,1H3. The Labute approximate surface area is 199 Å². The lowest BCUT2D eigenvalue weighted by atomic mass is 9.99. The molecule has 3 aromatic carbocycles. The van der Waals surface area contributed by atoms with Crippen LogP contribution >= 0.6 is 0 Å². The fourth-order valence-electron chi connectivity index (χ4n) is 3.36. The van der Waals surface area contributed by atoms with Crippen LogP contribution in [0.15, 0.2) is 66.7 Å². The van der Waals surface area contributed by atoms with Crippen LogP contribution in [-0.2, 0) is 22.5 Å². The predicted molar refractivity (Wildman–Crippen MR) is 134 cm³/mol. The van der Waals surface area contributed by atoms with Gasteiger partial charge in [-0.05, 0) is 52.6 Å². The Morgan fingerprint density at radius 3 is 2.44 bits per heavy atom. The van der Waals surface area contributed by atoms with Crippen LogP contribution < -0.4 is 16.4 Å². The number of aliphatic hydroxyl groups excluding tert-OH is 1. The Hall–Kier alpha value is -3.72. The van der Waals surface area contributed by atoms with Gasteiger partial charge in [0.1, 0.15) is 0 Å². The number of methoxy groups -OCH3 is 1. The highest BCUT2D eigenvalue weighted by Crippen LogP contribution is 2.27. The molecule has 0 aliphatic rings. The fraction of sp³-hybridized carbons (Fsp3) is 0.231. The van der Waals surface area contributed by atoms with Crippen molar-refractivity contribution in [2.24, 2.45) is 5.73 Å². The van der Waals surface area contributed by atoms with Crippen molar-refractivity contribution in [3.63, 3.8) is 0 Å². The van der Waals surface area contributed by atoms with Crippen molar-refractivity contribution in [3.05, 3.63) is 83.4 Å². The van der Waals surface area contributed by atoms with Crippen molar-refractivity contribution in [2.75, 3.05) is 38.0 Å². The molecular formula is C26H31N3O5. The molecule has 0 spiro atoms. The van der Waals surface area contributed by atoms with Crippen LogP contribution in [0.2, 0.25) is 0 Å². The summed E-state index contributed by atoms with van der Waals surface area (Å²) in [6.07, 6.45) is -0.174. The van der Waals surface area contributed by atoms with Crippen LogP contribution in [0.3, 0.4) is 0 Å². The molecule has 3 aromatic rings. The number of benzene rings is 3. The summed E-state index contributed by atoms with van der Waals surface area (Å²) < 4.78 is 5.11. The number of amides is 1. The molecule has 8 heteroatoms. The van der Waals surface area contributed by atoms with Crippen LogP contribution in [0, 0.1) is 0 Å². The smallest absolute Gasteiger partial charge is 0.307 e. The van der Waals surface area contributed by atoms with E-state index < -0.39 is 5.97 Å². The van der Waals surface area contributed by atoms with Gasteiger partial charge in [-0.2, -0.15) is 0 Å². The van der Waals surface area contributed by atoms with E-state index in [4.69, 9.17) is 20.7 Å². The minimum atomic E-state index is -0.960. The highest BCUT2D eigenvalue weighted by atomic mass is 16.5. The highest BCUT2D eigenvalue weighted by molar-refractivity contribution is 6.06.